The summed E-state index contributed by atoms with van der Waals surface area (Å²) in [7, 11) is 0. The number of carbonyl (C=O) groups excluding carboxylic acids is 1. The van der Waals surface area contributed by atoms with Crippen molar-refractivity contribution in [1.29, 1.82) is 5.41 Å². The fourth-order valence-electron chi connectivity index (χ4n) is 3.72. The summed E-state index contributed by atoms with van der Waals surface area (Å²) < 4.78 is 11.7. The summed E-state index contributed by atoms with van der Waals surface area (Å²) in [6.07, 6.45) is 5.77. The van der Waals surface area contributed by atoms with Crippen LogP contribution in [-0.4, -0.2) is 45.2 Å². The number of nitrogens with one attached hydrogen (secondary N) is 1. The molecule has 2 aliphatic heterocycles. The van der Waals surface area contributed by atoms with Gasteiger partial charge in [0, 0.05) is 24.4 Å². The number of rotatable bonds is 8. The molecule has 37 heavy (non-hydrogen) atoms. The van der Waals surface area contributed by atoms with E-state index in [1.54, 1.807) is 18.5 Å². The number of ether oxygens (including phenoxy) is 2. The number of hydrogen-bond acceptors (Lipinski definition) is 7. The van der Waals surface area contributed by atoms with Gasteiger partial charge in [0.15, 0.2) is 5.84 Å². The zero-order valence-corrected chi connectivity index (χ0v) is 21.3. The van der Waals surface area contributed by atoms with Gasteiger partial charge in [-0.15, -0.1) is 0 Å². The summed E-state index contributed by atoms with van der Waals surface area (Å²) in [6, 6.07) is 17.2. The SMILES string of the molecule is Cc1ccc(C)c(OCCCOc2ccc(C=C3C(=N)N4N=C(c5cccnc5)SC4=NC3=O)cc2)c1. The smallest absolute Gasteiger partial charge is 0.283 e. The molecule has 8 nitrogen and oxygen atoms in total. The second-order valence-electron chi connectivity index (χ2n) is 8.56. The normalized spacial score (nSPS) is 15.9. The number of pyridine rings is 1. The summed E-state index contributed by atoms with van der Waals surface area (Å²) in [4.78, 5) is 20.9. The predicted octanol–water partition coefficient (Wildman–Crippen LogP) is 5.21. The molecule has 186 valence electrons. The summed E-state index contributed by atoms with van der Waals surface area (Å²) in [6.45, 7) is 5.18. The minimum Gasteiger partial charge on any atom is -0.493 e. The van der Waals surface area contributed by atoms with E-state index < -0.39 is 5.91 Å². The molecule has 0 radical (unpaired) electrons. The van der Waals surface area contributed by atoms with Gasteiger partial charge in [-0.3, -0.25) is 15.2 Å². The number of hydrogen-bond donors (Lipinski definition) is 1. The molecular formula is C28H25N5O3S. The van der Waals surface area contributed by atoms with Crippen molar-refractivity contribution in [3.8, 4) is 11.5 Å². The average Bonchev–Trinajstić information content (AvgIpc) is 3.34. The van der Waals surface area contributed by atoms with E-state index in [1.807, 2.05) is 56.3 Å². The van der Waals surface area contributed by atoms with Gasteiger partial charge in [0.2, 0.25) is 5.17 Å². The van der Waals surface area contributed by atoms with E-state index in [9.17, 15) is 4.79 Å². The van der Waals surface area contributed by atoms with Crippen LogP contribution in [0.1, 0.15) is 28.7 Å². The molecule has 0 bridgehead atoms. The van der Waals surface area contributed by atoms with Crippen LogP contribution in [0.4, 0.5) is 0 Å². The topological polar surface area (TPSA) is 100 Å². The Morgan fingerprint density at radius 3 is 2.65 bits per heavy atom. The van der Waals surface area contributed by atoms with Crippen molar-refractivity contribution < 1.29 is 14.3 Å². The van der Waals surface area contributed by atoms with Crippen molar-refractivity contribution in [2.75, 3.05) is 13.2 Å². The zero-order chi connectivity index (χ0) is 25.8. The highest BCUT2D eigenvalue weighted by Gasteiger charge is 2.36. The Kier molecular flexibility index (Phi) is 7.14. The number of amides is 1. The number of hydrazone groups is 1. The molecule has 1 aromatic heterocycles. The van der Waals surface area contributed by atoms with Gasteiger partial charge in [-0.25, -0.2) is 0 Å². The van der Waals surface area contributed by atoms with Crippen LogP contribution in [0.15, 0.2) is 82.7 Å². The second kappa shape index (κ2) is 10.8. The van der Waals surface area contributed by atoms with Gasteiger partial charge < -0.3 is 9.47 Å². The number of fused-ring (bicyclic) bond motifs is 1. The highest BCUT2D eigenvalue weighted by Crippen LogP contribution is 2.30. The largest absolute Gasteiger partial charge is 0.493 e. The summed E-state index contributed by atoms with van der Waals surface area (Å²) >= 11 is 1.25. The molecule has 0 unspecified atom stereocenters. The maximum Gasteiger partial charge on any atom is 0.283 e. The number of aryl methyl sites for hydroxylation is 2. The van der Waals surface area contributed by atoms with E-state index >= 15 is 0 Å². The number of aromatic nitrogens is 1. The van der Waals surface area contributed by atoms with Crippen molar-refractivity contribution >= 4 is 39.8 Å². The lowest BCUT2D eigenvalue weighted by Crippen LogP contribution is -2.35. The van der Waals surface area contributed by atoms with Crippen molar-refractivity contribution in [3.05, 3.63) is 94.8 Å². The standard InChI is InChI=1S/C28H25N5O3S/c1-18-6-7-19(2)24(15-18)36-14-4-13-35-22-10-8-20(9-11-22)16-23-25(29)33-28(31-26(23)34)37-27(32-33)21-5-3-12-30-17-21/h3,5-12,15-17,29H,4,13-14H2,1-2H3. The summed E-state index contributed by atoms with van der Waals surface area (Å²) in [5.74, 6) is 1.16. The molecule has 9 heteroatoms. The van der Waals surface area contributed by atoms with Gasteiger partial charge in [0.05, 0.1) is 18.8 Å². The molecular weight excluding hydrogens is 486 g/mol. The molecule has 1 amide bonds. The van der Waals surface area contributed by atoms with Crippen molar-refractivity contribution in [2.24, 2.45) is 10.1 Å². The van der Waals surface area contributed by atoms with Crippen LogP contribution in [0.5, 0.6) is 11.5 Å². The number of thioether (sulfide) groups is 1. The van der Waals surface area contributed by atoms with Crippen LogP contribution in [0.3, 0.4) is 0 Å². The van der Waals surface area contributed by atoms with E-state index in [1.165, 1.54) is 22.3 Å². The Labute approximate surface area is 219 Å². The first-order valence-electron chi connectivity index (χ1n) is 11.8. The highest BCUT2D eigenvalue weighted by atomic mass is 32.2. The Balaban J connectivity index is 1.18. The summed E-state index contributed by atoms with van der Waals surface area (Å²) in [5.41, 5.74) is 4.04. The Bertz CT molecular complexity index is 1430. The average molecular weight is 512 g/mol. The van der Waals surface area contributed by atoms with Gasteiger partial charge in [-0.2, -0.15) is 15.1 Å². The van der Waals surface area contributed by atoms with Crippen LogP contribution in [0.25, 0.3) is 6.08 Å². The van der Waals surface area contributed by atoms with Crippen LogP contribution >= 0.6 is 11.8 Å². The van der Waals surface area contributed by atoms with Gasteiger partial charge in [0.1, 0.15) is 16.5 Å². The van der Waals surface area contributed by atoms with E-state index in [4.69, 9.17) is 14.9 Å². The molecule has 5 rings (SSSR count). The monoisotopic (exact) mass is 511 g/mol. The zero-order valence-electron chi connectivity index (χ0n) is 20.5. The Morgan fingerprint density at radius 2 is 1.86 bits per heavy atom. The van der Waals surface area contributed by atoms with E-state index in [-0.39, 0.29) is 11.4 Å². The molecule has 0 aliphatic carbocycles. The fraction of sp³-hybridized carbons (Fsp3) is 0.179. The van der Waals surface area contributed by atoms with E-state index in [2.05, 4.69) is 27.2 Å². The molecule has 1 N–H and O–H groups in total. The van der Waals surface area contributed by atoms with Gasteiger partial charge in [0.25, 0.3) is 5.91 Å². The van der Waals surface area contributed by atoms with E-state index in [0.29, 0.717) is 23.4 Å². The van der Waals surface area contributed by atoms with Crippen LogP contribution in [0.2, 0.25) is 0 Å². The van der Waals surface area contributed by atoms with Crippen LogP contribution < -0.4 is 9.47 Å². The minimum atomic E-state index is -0.462. The molecule has 0 saturated carbocycles. The minimum absolute atomic E-state index is 0.00874. The maximum absolute atomic E-state index is 12.7. The van der Waals surface area contributed by atoms with Crippen molar-refractivity contribution in [2.45, 2.75) is 20.3 Å². The first kappa shape index (κ1) is 24.5. The molecule has 2 aromatic carbocycles. The Hall–Kier alpha value is -4.24. The molecule has 3 aromatic rings. The molecule has 0 atom stereocenters. The highest BCUT2D eigenvalue weighted by molar-refractivity contribution is 8.27. The number of nitrogens with zero attached hydrogens (tertiary/aromatic N) is 4. The second-order valence-corrected chi connectivity index (χ2v) is 9.51. The number of benzene rings is 2. The van der Waals surface area contributed by atoms with Gasteiger partial charge in [-0.05, 0) is 78.7 Å². The third kappa shape index (κ3) is 5.62. The third-order valence-electron chi connectivity index (χ3n) is 5.71. The number of aliphatic imine (C=N–C) groups is 1. The molecule has 0 saturated heterocycles. The van der Waals surface area contributed by atoms with E-state index in [0.717, 1.165) is 34.6 Å². The molecule has 0 fully saturated rings. The van der Waals surface area contributed by atoms with Gasteiger partial charge in [-0.1, -0.05) is 24.3 Å². The lowest BCUT2D eigenvalue weighted by molar-refractivity contribution is -0.114. The molecule has 2 aliphatic rings. The first-order chi connectivity index (χ1) is 18.0. The number of amidine groups is 2. The quantitative estimate of drug-likeness (QED) is 0.329. The van der Waals surface area contributed by atoms with Gasteiger partial charge >= 0.3 is 0 Å². The van der Waals surface area contributed by atoms with Crippen LogP contribution in [0, 0.1) is 19.3 Å². The maximum atomic E-state index is 12.7. The third-order valence-corrected chi connectivity index (χ3v) is 6.67. The summed E-state index contributed by atoms with van der Waals surface area (Å²) in [5, 5.41) is 15.4. The molecule has 0 spiro atoms. The lowest BCUT2D eigenvalue weighted by Gasteiger charge is -2.20. The first-order valence-corrected chi connectivity index (χ1v) is 12.6. The van der Waals surface area contributed by atoms with Crippen molar-refractivity contribution in [1.82, 2.24) is 9.99 Å². The lowest BCUT2D eigenvalue weighted by atomic mass is 10.1. The predicted molar refractivity (Wildman–Crippen MR) is 146 cm³/mol. The van der Waals surface area contributed by atoms with Crippen molar-refractivity contribution in [3.63, 3.8) is 0 Å². The fourth-order valence-corrected chi connectivity index (χ4v) is 4.60. The van der Waals surface area contributed by atoms with Crippen LogP contribution in [-0.2, 0) is 4.79 Å². The Morgan fingerprint density at radius 1 is 1.05 bits per heavy atom. The number of carbonyl (C=O) groups is 1. The molecule has 3 heterocycles.